The number of fused-ring (bicyclic) bond motifs is 1. The second-order valence-corrected chi connectivity index (χ2v) is 6.13. The zero-order valence-corrected chi connectivity index (χ0v) is 12.1. The van der Waals surface area contributed by atoms with E-state index in [2.05, 4.69) is 0 Å². The molecule has 0 aliphatic carbocycles. The predicted molar refractivity (Wildman–Crippen MR) is 78.4 cm³/mol. The zero-order chi connectivity index (χ0) is 14.4. The number of rotatable bonds is 2. The van der Waals surface area contributed by atoms with Gasteiger partial charge in [-0.1, -0.05) is 0 Å². The molecule has 6 heteroatoms. The van der Waals surface area contributed by atoms with Crippen molar-refractivity contribution in [2.75, 3.05) is 11.4 Å². The Labute approximate surface area is 125 Å². The van der Waals surface area contributed by atoms with E-state index in [1.54, 1.807) is 28.4 Å². The van der Waals surface area contributed by atoms with Gasteiger partial charge in [-0.05, 0) is 30.0 Å². The van der Waals surface area contributed by atoms with Gasteiger partial charge in [0.2, 0.25) is 5.91 Å². The van der Waals surface area contributed by atoms with Crippen molar-refractivity contribution in [1.82, 2.24) is 4.90 Å². The second-order valence-electron chi connectivity index (χ2n) is 5.35. The summed E-state index contributed by atoms with van der Waals surface area (Å²) < 4.78 is 5.19. The number of nitrogens with zero attached hydrogens (tertiary/aromatic N) is 2. The quantitative estimate of drug-likeness (QED) is 0.855. The molecule has 4 heterocycles. The maximum Gasteiger partial charge on any atom is 0.289 e. The van der Waals surface area contributed by atoms with Gasteiger partial charge in [0, 0.05) is 18.3 Å². The minimum Gasteiger partial charge on any atom is -0.459 e. The van der Waals surface area contributed by atoms with Crippen LogP contribution in [0.5, 0.6) is 0 Å². The Balaban J connectivity index is 1.61. The molecule has 108 valence electrons. The highest BCUT2D eigenvalue weighted by atomic mass is 32.1. The minimum atomic E-state index is -0.118. The van der Waals surface area contributed by atoms with E-state index >= 15 is 0 Å². The highest BCUT2D eigenvalue weighted by Gasteiger charge is 2.49. The van der Waals surface area contributed by atoms with Crippen molar-refractivity contribution in [2.45, 2.75) is 24.9 Å². The van der Waals surface area contributed by atoms with Crippen LogP contribution in [0.1, 0.15) is 23.4 Å². The summed E-state index contributed by atoms with van der Waals surface area (Å²) in [5.74, 6) is 0.324. The molecule has 2 aromatic heterocycles. The van der Waals surface area contributed by atoms with Crippen LogP contribution in [-0.4, -0.2) is 35.3 Å². The number of carbonyl (C=O) groups excluding carboxylic acids is 2. The highest BCUT2D eigenvalue weighted by molar-refractivity contribution is 7.08. The Hall–Kier alpha value is -2.08. The summed E-state index contributed by atoms with van der Waals surface area (Å²) in [5, 5.41) is 3.95. The van der Waals surface area contributed by atoms with E-state index in [9.17, 15) is 9.59 Å². The Kier molecular flexibility index (Phi) is 2.85. The summed E-state index contributed by atoms with van der Waals surface area (Å²) in [6.45, 7) is 0.669. The Bertz CT molecular complexity index is 665. The fourth-order valence-corrected chi connectivity index (χ4v) is 4.00. The fraction of sp³-hybridized carbons (Fsp3) is 0.333. The molecular weight excluding hydrogens is 288 g/mol. The normalized spacial score (nSPS) is 24.7. The molecule has 0 radical (unpaired) electrons. The molecule has 2 unspecified atom stereocenters. The molecule has 2 atom stereocenters. The topological polar surface area (TPSA) is 53.8 Å². The molecule has 21 heavy (non-hydrogen) atoms. The number of hydrogen-bond acceptors (Lipinski definition) is 4. The number of furan rings is 1. The van der Waals surface area contributed by atoms with Crippen LogP contribution in [0.3, 0.4) is 0 Å². The average molecular weight is 302 g/mol. The first-order valence-electron chi connectivity index (χ1n) is 6.94. The van der Waals surface area contributed by atoms with Crippen LogP contribution in [0.15, 0.2) is 39.6 Å². The Morgan fingerprint density at radius 1 is 1.33 bits per heavy atom. The lowest BCUT2D eigenvalue weighted by molar-refractivity contribution is -0.117. The Morgan fingerprint density at radius 3 is 2.95 bits per heavy atom. The van der Waals surface area contributed by atoms with Crippen LogP contribution in [-0.2, 0) is 4.79 Å². The van der Waals surface area contributed by atoms with Crippen molar-refractivity contribution >= 4 is 28.8 Å². The fourth-order valence-electron chi connectivity index (χ4n) is 3.37. The molecule has 4 rings (SSSR count). The lowest BCUT2D eigenvalue weighted by atomic mass is 10.1. The average Bonchev–Trinajstić information content (AvgIpc) is 3.23. The summed E-state index contributed by atoms with van der Waals surface area (Å²) in [7, 11) is 0. The molecule has 2 aromatic rings. The second kappa shape index (κ2) is 4.73. The van der Waals surface area contributed by atoms with Crippen LogP contribution in [0, 0.1) is 0 Å². The van der Waals surface area contributed by atoms with Crippen LogP contribution < -0.4 is 4.90 Å². The first-order chi connectivity index (χ1) is 10.3. The van der Waals surface area contributed by atoms with Crippen molar-refractivity contribution in [1.29, 1.82) is 0 Å². The van der Waals surface area contributed by atoms with E-state index in [-0.39, 0.29) is 23.9 Å². The third kappa shape index (κ3) is 1.90. The summed E-state index contributed by atoms with van der Waals surface area (Å²) in [4.78, 5) is 28.4. The van der Waals surface area contributed by atoms with Crippen LogP contribution >= 0.6 is 11.3 Å². The molecule has 0 aromatic carbocycles. The maximum absolute atomic E-state index is 12.5. The van der Waals surface area contributed by atoms with Crippen molar-refractivity contribution in [3.05, 3.63) is 41.0 Å². The largest absolute Gasteiger partial charge is 0.459 e. The van der Waals surface area contributed by atoms with Gasteiger partial charge in [-0.15, -0.1) is 0 Å². The van der Waals surface area contributed by atoms with Gasteiger partial charge in [-0.2, -0.15) is 11.3 Å². The van der Waals surface area contributed by atoms with Gasteiger partial charge in [-0.25, -0.2) is 0 Å². The van der Waals surface area contributed by atoms with Crippen molar-refractivity contribution in [3.8, 4) is 0 Å². The van der Waals surface area contributed by atoms with Crippen molar-refractivity contribution in [2.24, 2.45) is 0 Å². The molecular formula is C15H14N2O3S. The van der Waals surface area contributed by atoms with Crippen molar-refractivity contribution in [3.63, 3.8) is 0 Å². The number of carbonyl (C=O) groups is 2. The summed E-state index contributed by atoms with van der Waals surface area (Å²) in [6.07, 6.45) is 2.71. The SMILES string of the molecule is O=C(c1ccco1)N1CCC2C1CC(=O)N2c1ccsc1. The van der Waals surface area contributed by atoms with Gasteiger partial charge in [0.25, 0.3) is 5.91 Å². The first kappa shape index (κ1) is 12.6. The number of amides is 2. The van der Waals surface area contributed by atoms with Gasteiger partial charge in [0.15, 0.2) is 5.76 Å². The Morgan fingerprint density at radius 2 is 2.24 bits per heavy atom. The van der Waals surface area contributed by atoms with E-state index in [0.29, 0.717) is 18.7 Å². The van der Waals surface area contributed by atoms with Gasteiger partial charge in [0.1, 0.15) is 0 Å². The highest BCUT2D eigenvalue weighted by Crippen LogP contribution is 2.37. The smallest absolute Gasteiger partial charge is 0.289 e. The minimum absolute atomic E-state index is 0.0463. The molecule has 2 saturated heterocycles. The van der Waals surface area contributed by atoms with E-state index in [1.165, 1.54) is 6.26 Å². The lowest BCUT2D eigenvalue weighted by Gasteiger charge is -2.24. The first-order valence-corrected chi connectivity index (χ1v) is 7.89. The van der Waals surface area contributed by atoms with Gasteiger partial charge >= 0.3 is 0 Å². The predicted octanol–water partition coefficient (Wildman–Crippen LogP) is 2.36. The molecule has 0 N–H and O–H groups in total. The zero-order valence-electron chi connectivity index (χ0n) is 11.3. The third-order valence-corrected chi connectivity index (χ3v) is 4.94. The van der Waals surface area contributed by atoms with Gasteiger partial charge in [0.05, 0.1) is 24.0 Å². The molecule has 0 spiro atoms. The molecule has 0 saturated carbocycles. The molecule has 2 fully saturated rings. The number of thiophene rings is 1. The van der Waals surface area contributed by atoms with Crippen LogP contribution in [0.4, 0.5) is 5.69 Å². The maximum atomic E-state index is 12.5. The number of likely N-dealkylation sites (tertiary alicyclic amines) is 1. The van der Waals surface area contributed by atoms with Gasteiger partial charge < -0.3 is 14.2 Å². The summed E-state index contributed by atoms with van der Waals surface area (Å²) >= 11 is 1.58. The number of anilines is 1. The summed E-state index contributed by atoms with van der Waals surface area (Å²) in [6, 6.07) is 5.38. The van der Waals surface area contributed by atoms with E-state index in [4.69, 9.17) is 4.42 Å². The van der Waals surface area contributed by atoms with Crippen molar-refractivity contribution < 1.29 is 14.0 Å². The third-order valence-electron chi connectivity index (χ3n) is 4.27. The molecule has 2 amide bonds. The molecule has 2 aliphatic rings. The monoisotopic (exact) mass is 302 g/mol. The lowest BCUT2D eigenvalue weighted by Crippen LogP contribution is -2.39. The molecule has 5 nitrogen and oxygen atoms in total. The number of hydrogen-bond donors (Lipinski definition) is 0. The van der Waals surface area contributed by atoms with E-state index < -0.39 is 0 Å². The molecule has 2 aliphatic heterocycles. The van der Waals surface area contributed by atoms with Crippen LogP contribution in [0.2, 0.25) is 0 Å². The van der Waals surface area contributed by atoms with E-state index in [1.807, 2.05) is 21.7 Å². The standard InChI is InChI=1S/C15H14N2O3S/c18-14-8-12-11(17(14)10-4-7-21-9-10)3-5-16(12)15(19)13-2-1-6-20-13/h1-2,4,6-7,9,11-12H,3,5,8H2. The van der Waals surface area contributed by atoms with Crippen LogP contribution in [0.25, 0.3) is 0 Å². The molecule has 0 bridgehead atoms. The van der Waals surface area contributed by atoms with E-state index in [0.717, 1.165) is 12.1 Å². The van der Waals surface area contributed by atoms with Gasteiger partial charge in [-0.3, -0.25) is 9.59 Å². The summed E-state index contributed by atoms with van der Waals surface area (Å²) in [5.41, 5.74) is 0.949.